The van der Waals surface area contributed by atoms with Crippen LogP contribution in [0.5, 0.6) is 0 Å². The Morgan fingerprint density at radius 2 is 2.33 bits per heavy atom. The Hall–Kier alpha value is -0.940. The summed E-state index contributed by atoms with van der Waals surface area (Å²) < 4.78 is 0. The molecule has 6 heteroatoms. The summed E-state index contributed by atoms with van der Waals surface area (Å²) in [5.41, 5.74) is 1.27. The number of nitrogens with one attached hydrogen (secondary N) is 1. The van der Waals surface area contributed by atoms with Crippen LogP contribution in [0.2, 0.25) is 0 Å². The van der Waals surface area contributed by atoms with E-state index in [9.17, 15) is 0 Å². The highest BCUT2D eigenvalue weighted by molar-refractivity contribution is 5.85. The Morgan fingerprint density at radius 3 is 3.00 bits per heavy atom. The first kappa shape index (κ1) is 10.6. The lowest BCUT2D eigenvalue weighted by Crippen LogP contribution is -2.09. The van der Waals surface area contributed by atoms with Gasteiger partial charge in [0, 0.05) is 6.54 Å². The second kappa shape index (κ2) is 3.90. The van der Waals surface area contributed by atoms with E-state index < -0.39 is 0 Å². The third kappa shape index (κ3) is 1.77. The molecule has 1 N–H and O–H groups in total. The predicted octanol–water partition coefficient (Wildman–Crippen LogP) is 0.255. The molecule has 2 aliphatic rings. The van der Waals surface area contributed by atoms with Crippen molar-refractivity contribution in [1.29, 1.82) is 0 Å². The summed E-state index contributed by atoms with van der Waals surface area (Å²) in [6.45, 7) is 2.24. The largest absolute Gasteiger partial charge is 0.316 e. The number of allylic oxidation sites excluding steroid dienone is 1. The molecule has 1 fully saturated rings. The van der Waals surface area contributed by atoms with Crippen molar-refractivity contribution < 1.29 is 0 Å². The normalized spacial score (nSPS) is 28.5. The van der Waals surface area contributed by atoms with Gasteiger partial charge in [-0.1, -0.05) is 6.08 Å². The van der Waals surface area contributed by atoms with E-state index in [0.29, 0.717) is 5.92 Å². The van der Waals surface area contributed by atoms with Crippen LogP contribution in [0.3, 0.4) is 0 Å². The van der Waals surface area contributed by atoms with Gasteiger partial charge in [0.25, 0.3) is 0 Å². The number of hydrogen-bond acceptors (Lipinski definition) is 4. The number of rotatable bonds is 1. The molecule has 3 rings (SSSR count). The molecule has 0 spiro atoms. The van der Waals surface area contributed by atoms with Crippen LogP contribution in [0.4, 0.5) is 0 Å². The summed E-state index contributed by atoms with van der Waals surface area (Å²) >= 11 is 0. The van der Waals surface area contributed by atoms with Gasteiger partial charge in [-0.25, -0.2) is 0 Å². The zero-order chi connectivity index (χ0) is 9.54. The molecule has 2 atom stereocenters. The van der Waals surface area contributed by atoms with E-state index in [4.69, 9.17) is 0 Å². The molecular weight excluding hydrogens is 214 g/mol. The Kier molecular flexibility index (Phi) is 2.75. The van der Waals surface area contributed by atoms with Gasteiger partial charge in [0.2, 0.25) is 5.82 Å². The van der Waals surface area contributed by atoms with Crippen molar-refractivity contribution in [2.24, 2.45) is 18.9 Å². The zero-order valence-corrected chi connectivity index (χ0v) is 9.37. The van der Waals surface area contributed by atoms with E-state index >= 15 is 0 Å². The van der Waals surface area contributed by atoms with Gasteiger partial charge in [-0.3, -0.25) is 0 Å². The van der Waals surface area contributed by atoms with Crippen molar-refractivity contribution in [2.75, 3.05) is 13.1 Å². The molecule has 5 nitrogen and oxygen atoms in total. The quantitative estimate of drug-likeness (QED) is 0.748. The van der Waals surface area contributed by atoms with Gasteiger partial charge in [-0.15, -0.1) is 22.6 Å². The fourth-order valence-electron chi connectivity index (χ4n) is 2.36. The summed E-state index contributed by atoms with van der Waals surface area (Å²) in [6.07, 6.45) is 3.41. The molecule has 15 heavy (non-hydrogen) atoms. The zero-order valence-electron chi connectivity index (χ0n) is 8.55. The third-order valence-electron chi connectivity index (χ3n) is 3.08. The van der Waals surface area contributed by atoms with Crippen LogP contribution < -0.4 is 5.32 Å². The van der Waals surface area contributed by atoms with Crippen molar-refractivity contribution >= 4 is 18.0 Å². The predicted molar refractivity (Wildman–Crippen MR) is 58.5 cm³/mol. The molecule has 0 radical (unpaired) electrons. The minimum absolute atomic E-state index is 0. The minimum atomic E-state index is 0. The Morgan fingerprint density at radius 1 is 1.47 bits per heavy atom. The number of hydrogen-bond donors (Lipinski definition) is 1. The average Bonchev–Trinajstić information content (AvgIpc) is 2.75. The summed E-state index contributed by atoms with van der Waals surface area (Å²) in [7, 11) is 1.80. The van der Waals surface area contributed by atoms with E-state index in [1.54, 1.807) is 7.05 Å². The maximum atomic E-state index is 4.23. The Labute approximate surface area is 94.3 Å². The molecule has 1 aromatic heterocycles. The molecule has 0 aromatic carbocycles. The molecule has 2 heterocycles. The van der Waals surface area contributed by atoms with Gasteiger partial charge < -0.3 is 5.32 Å². The molecule has 0 bridgehead atoms. The summed E-state index contributed by atoms with van der Waals surface area (Å²) in [5, 5.41) is 15.5. The first-order valence-corrected chi connectivity index (χ1v) is 4.99. The number of halogens is 1. The molecule has 1 aliphatic carbocycles. The molecule has 0 amide bonds. The van der Waals surface area contributed by atoms with Crippen LogP contribution in [-0.4, -0.2) is 33.3 Å². The Bertz CT molecular complexity index is 386. The fraction of sp³-hybridized carbons (Fsp3) is 0.667. The number of nitrogens with zero attached hydrogens (tertiary/aromatic N) is 4. The van der Waals surface area contributed by atoms with Gasteiger partial charge in [0.1, 0.15) is 0 Å². The lowest BCUT2D eigenvalue weighted by molar-refractivity contribution is 0.536. The summed E-state index contributed by atoms with van der Waals surface area (Å²) in [4.78, 5) is 1.52. The maximum Gasteiger partial charge on any atom is 0.200 e. The van der Waals surface area contributed by atoms with Crippen LogP contribution in [0, 0.1) is 11.8 Å². The molecule has 1 aromatic rings. The molecule has 0 saturated carbocycles. The topological polar surface area (TPSA) is 55.6 Å². The maximum absolute atomic E-state index is 4.23. The molecule has 82 valence electrons. The number of tetrazole rings is 1. The average molecular weight is 228 g/mol. The first-order chi connectivity index (χ1) is 6.83. The van der Waals surface area contributed by atoms with Crippen LogP contribution in [0.15, 0.2) is 6.08 Å². The van der Waals surface area contributed by atoms with Gasteiger partial charge in [0.15, 0.2) is 0 Å². The van der Waals surface area contributed by atoms with E-state index in [-0.39, 0.29) is 12.4 Å². The van der Waals surface area contributed by atoms with Crippen LogP contribution in [0.1, 0.15) is 12.2 Å². The van der Waals surface area contributed by atoms with Crippen molar-refractivity contribution in [1.82, 2.24) is 25.5 Å². The van der Waals surface area contributed by atoms with Crippen molar-refractivity contribution in [3.8, 4) is 0 Å². The minimum Gasteiger partial charge on any atom is -0.316 e. The highest BCUT2D eigenvalue weighted by Crippen LogP contribution is 2.36. The molecular formula is C9H14ClN5. The smallest absolute Gasteiger partial charge is 0.200 e. The second-order valence-corrected chi connectivity index (χ2v) is 4.08. The molecule has 0 unspecified atom stereocenters. The van der Waals surface area contributed by atoms with Crippen molar-refractivity contribution in [3.63, 3.8) is 0 Å². The van der Waals surface area contributed by atoms with E-state index in [1.165, 1.54) is 10.4 Å². The van der Waals surface area contributed by atoms with Crippen molar-refractivity contribution in [2.45, 2.75) is 6.42 Å². The fourth-order valence-corrected chi connectivity index (χ4v) is 2.36. The number of fused-ring (bicyclic) bond motifs is 1. The second-order valence-electron chi connectivity index (χ2n) is 4.08. The van der Waals surface area contributed by atoms with Crippen molar-refractivity contribution in [3.05, 3.63) is 11.9 Å². The number of aromatic nitrogens is 4. The van der Waals surface area contributed by atoms with Gasteiger partial charge >= 0.3 is 0 Å². The van der Waals surface area contributed by atoms with Crippen LogP contribution in [-0.2, 0) is 7.05 Å². The SMILES string of the molecule is Cl.Cn1nnc(C2=C[C@H]3CNC[C@H]3C2)n1. The lowest BCUT2D eigenvalue weighted by atomic mass is 10.00. The summed E-state index contributed by atoms with van der Waals surface area (Å²) in [6, 6.07) is 0. The van der Waals surface area contributed by atoms with E-state index in [1.807, 2.05) is 0 Å². The Balaban J connectivity index is 0.000000853. The van der Waals surface area contributed by atoms with E-state index in [0.717, 1.165) is 31.3 Å². The first-order valence-electron chi connectivity index (χ1n) is 4.99. The lowest BCUT2D eigenvalue weighted by Gasteiger charge is -2.03. The summed E-state index contributed by atoms with van der Waals surface area (Å²) in [5.74, 6) is 2.25. The van der Waals surface area contributed by atoms with E-state index in [2.05, 4.69) is 26.8 Å². The third-order valence-corrected chi connectivity index (χ3v) is 3.08. The van der Waals surface area contributed by atoms with Gasteiger partial charge in [0.05, 0.1) is 7.05 Å². The van der Waals surface area contributed by atoms with Gasteiger partial charge in [-0.05, 0) is 35.6 Å². The highest BCUT2D eigenvalue weighted by atomic mass is 35.5. The number of aryl methyl sites for hydroxylation is 1. The van der Waals surface area contributed by atoms with Crippen LogP contribution in [0.25, 0.3) is 5.57 Å². The monoisotopic (exact) mass is 227 g/mol. The molecule has 1 aliphatic heterocycles. The standard InChI is InChI=1S/C9H13N5.ClH/c1-14-12-9(11-13-14)6-2-7-4-10-5-8(7)3-6;/h2,7-8,10H,3-5H2,1H3;1H/t7-,8+;/m0./s1. The highest BCUT2D eigenvalue weighted by Gasteiger charge is 2.33. The van der Waals surface area contributed by atoms with Gasteiger partial charge in [-0.2, -0.15) is 4.80 Å². The molecule has 1 saturated heterocycles. The van der Waals surface area contributed by atoms with Crippen LogP contribution >= 0.6 is 12.4 Å².